The number of rotatable bonds is 3. The van der Waals surface area contributed by atoms with Crippen molar-refractivity contribution in [3.8, 4) is 22.4 Å². The molecule has 3 aromatic carbocycles. The molecule has 142 valence electrons. The van der Waals surface area contributed by atoms with Gasteiger partial charge in [0.25, 0.3) is 5.56 Å². The van der Waals surface area contributed by atoms with E-state index in [-0.39, 0.29) is 17.4 Å². The molecule has 0 aliphatic carbocycles. The number of pyridine rings is 1. The Morgan fingerprint density at radius 2 is 1.66 bits per heavy atom. The Balaban J connectivity index is 2.00. The smallest absolute Gasteiger partial charge is 0.259 e. The van der Waals surface area contributed by atoms with E-state index in [1.807, 2.05) is 60.0 Å². The summed E-state index contributed by atoms with van der Waals surface area (Å²) in [4.78, 5) is 25.7. The van der Waals surface area contributed by atoms with Gasteiger partial charge in [-0.15, -0.1) is 0 Å². The van der Waals surface area contributed by atoms with Crippen molar-refractivity contribution >= 4 is 16.6 Å². The average molecular weight is 379 g/mol. The van der Waals surface area contributed by atoms with E-state index >= 15 is 0 Å². The summed E-state index contributed by atoms with van der Waals surface area (Å²) in [5, 5.41) is 1.66. The average Bonchev–Trinajstić information content (AvgIpc) is 3.03. The third-order valence-electron chi connectivity index (χ3n) is 5.80. The lowest BCUT2D eigenvalue weighted by atomic mass is 9.93. The summed E-state index contributed by atoms with van der Waals surface area (Å²) in [7, 11) is 0. The van der Waals surface area contributed by atoms with Crippen molar-refractivity contribution in [3.05, 3.63) is 94.3 Å². The fourth-order valence-electron chi connectivity index (χ4n) is 4.61. The predicted molar refractivity (Wildman–Crippen MR) is 117 cm³/mol. The van der Waals surface area contributed by atoms with Crippen molar-refractivity contribution in [2.75, 3.05) is 0 Å². The number of fused-ring (bicyclic) bond motifs is 4. The molecule has 0 fully saturated rings. The van der Waals surface area contributed by atoms with Crippen molar-refractivity contribution in [2.24, 2.45) is 0 Å². The normalized spacial score (nSPS) is 14.6. The van der Waals surface area contributed by atoms with Crippen LogP contribution in [0.3, 0.4) is 0 Å². The fourth-order valence-corrected chi connectivity index (χ4v) is 4.61. The summed E-state index contributed by atoms with van der Waals surface area (Å²) in [5.74, 6) is 0.0785. The Morgan fingerprint density at radius 1 is 0.931 bits per heavy atom. The number of nitrogens with zero attached hydrogens (tertiary/aromatic N) is 1. The van der Waals surface area contributed by atoms with Crippen LogP contribution in [0.15, 0.2) is 77.6 Å². The molecular formula is C26H21NO2. The predicted octanol–water partition coefficient (Wildman–Crippen LogP) is 5.53. The highest BCUT2D eigenvalue weighted by atomic mass is 16.1. The maximum Gasteiger partial charge on any atom is 0.259 e. The van der Waals surface area contributed by atoms with E-state index in [1.54, 1.807) is 6.92 Å². The molecule has 1 aliphatic heterocycles. The topological polar surface area (TPSA) is 39.1 Å². The molecule has 0 radical (unpaired) electrons. The molecule has 0 spiro atoms. The first kappa shape index (κ1) is 17.6. The number of benzene rings is 3. The Bertz CT molecular complexity index is 1330. The van der Waals surface area contributed by atoms with Gasteiger partial charge in [0.05, 0.1) is 11.7 Å². The van der Waals surface area contributed by atoms with Gasteiger partial charge in [0, 0.05) is 22.9 Å². The first-order valence-electron chi connectivity index (χ1n) is 9.89. The summed E-state index contributed by atoms with van der Waals surface area (Å²) in [5.41, 5.74) is 6.22. The molecule has 3 nitrogen and oxygen atoms in total. The van der Waals surface area contributed by atoms with Crippen molar-refractivity contribution in [1.29, 1.82) is 0 Å². The van der Waals surface area contributed by atoms with E-state index in [0.717, 1.165) is 38.9 Å². The van der Waals surface area contributed by atoms with Gasteiger partial charge in [0.1, 0.15) is 5.78 Å². The van der Waals surface area contributed by atoms with Gasteiger partial charge in [-0.05, 0) is 36.4 Å². The van der Waals surface area contributed by atoms with Crippen LogP contribution in [0.4, 0.5) is 0 Å². The minimum atomic E-state index is -0.264. The van der Waals surface area contributed by atoms with Gasteiger partial charge in [0.2, 0.25) is 0 Å². The molecule has 0 N–H and O–H groups in total. The molecule has 29 heavy (non-hydrogen) atoms. The van der Waals surface area contributed by atoms with Crippen molar-refractivity contribution in [3.63, 3.8) is 0 Å². The van der Waals surface area contributed by atoms with Gasteiger partial charge in [-0.1, -0.05) is 72.3 Å². The van der Waals surface area contributed by atoms with E-state index < -0.39 is 0 Å². The summed E-state index contributed by atoms with van der Waals surface area (Å²) in [6.07, 6.45) is 0.315. The minimum absolute atomic E-state index is 0.0304. The lowest BCUT2D eigenvalue weighted by Crippen LogP contribution is -2.25. The fraction of sp³-hybridized carbons (Fsp3) is 0.154. The van der Waals surface area contributed by atoms with Crippen LogP contribution in [0.2, 0.25) is 0 Å². The molecule has 2 heterocycles. The third-order valence-corrected chi connectivity index (χ3v) is 5.80. The SMILES string of the molecule is CC(=O)CC1c2ccccc2-c2c(-c3ccccc3)c3cc(C)ccc3c(=O)n21. The van der Waals surface area contributed by atoms with E-state index in [4.69, 9.17) is 0 Å². The summed E-state index contributed by atoms with van der Waals surface area (Å²) in [6, 6.07) is 24.0. The summed E-state index contributed by atoms with van der Waals surface area (Å²) < 4.78 is 1.85. The third kappa shape index (κ3) is 2.65. The van der Waals surface area contributed by atoms with Crippen LogP contribution in [0.25, 0.3) is 33.2 Å². The molecule has 0 saturated carbocycles. The van der Waals surface area contributed by atoms with Crippen LogP contribution in [-0.2, 0) is 4.79 Å². The second-order valence-corrected chi connectivity index (χ2v) is 7.82. The molecule has 0 saturated heterocycles. The highest BCUT2D eigenvalue weighted by Gasteiger charge is 2.33. The molecular weight excluding hydrogens is 358 g/mol. The lowest BCUT2D eigenvalue weighted by molar-refractivity contribution is -0.117. The van der Waals surface area contributed by atoms with Crippen LogP contribution in [0.5, 0.6) is 0 Å². The Morgan fingerprint density at radius 3 is 2.41 bits per heavy atom. The number of Topliss-reactive ketones (excluding diaryl/α,β-unsaturated/α-hetero) is 1. The molecule has 1 aromatic heterocycles. The van der Waals surface area contributed by atoms with Gasteiger partial charge in [-0.25, -0.2) is 0 Å². The monoisotopic (exact) mass is 379 g/mol. The van der Waals surface area contributed by atoms with Crippen molar-refractivity contribution < 1.29 is 4.79 Å². The maximum atomic E-state index is 13.6. The number of aromatic nitrogens is 1. The molecule has 0 amide bonds. The van der Waals surface area contributed by atoms with E-state index in [2.05, 4.69) is 24.3 Å². The standard InChI is InChI=1S/C26H21NO2/c1-16-12-13-21-22(14-16)24(18-8-4-3-5-9-18)25-20-11-7-6-10-19(20)23(15-17(2)28)27(25)26(21)29/h3-14,23H,15H2,1-2H3. The Hall–Kier alpha value is -3.46. The summed E-state index contributed by atoms with van der Waals surface area (Å²) >= 11 is 0. The maximum absolute atomic E-state index is 13.6. The molecule has 5 rings (SSSR count). The number of ketones is 1. The van der Waals surface area contributed by atoms with Gasteiger partial charge >= 0.3 is 0 Å². The molecule has 1 aliphatic rings. The second-order valence-electron chi connectivity index (χ2n) is 7.82. The van der Waals surface area contributed by atoms with Crippen molar-refractivity contribution in [2.45, 2.75) is 26.3 Å². The minimum Gasteiger partial charge on any atom is -0.300 e. The van der Waals surface area contributed by atoms with Gasteiger partial charge in [-0.2, -0.15) is 0 Å². The van der Waals surface area contributed by atoms with E-state index in [9.17, 15) is 9.59 Å². The van der Waals surface area contributed by atoms with E-state index in [1.165, 1.54) is 0 Å². The number of hydrogen-bond acceptors (Lipinski definition) is 2. The number of carbonyl (C=O) groups is 1. The van der Waals surface area contributed by atoms with Crippen LogP contribution in [-0.4, -0.2) is 10.4 Å². The first-order chi connectivity index (χ1) is 14.1. The van der Waals surface area contributed by atoms with Gasteiger partial charge in [-0.3, -0.25) is 14.2 Å². The zero-order valence-corrected chi connectivity index (χ0v) is 16.5. The second kappa shape index (κ2) is 6.56. The number of hydrogen-bond donors (Lipinski definition) is 0. The first-order valence-corrected chi connectivity index (χ1v) is 9.89. The number of carbonyl (C=O) groups excluding carboxylic acids is 1. The van der Waals surface area contributed by atoms with Crippen LogP contribution < -0.4 is 5.56 Å². The molecule has 0 bridgehead atoms. The molecule has 3 heteroatoms. The molecule has 4 aromatic rings. The number of aryl methyl sites for hydroxylation is 1. The Kier molecular flexibility index (Phi) is 3.99. The van der Waals surface area contributed by atoms with E-state index in [0.29, 0.717) is 11.8 Å². The van der Waals surface area contributed by atoms with Crippen LogP contribution >= 0.6 is 0 Å². The van der Waals surface area contributed by atoms with Crippen molar-refractivity contribution in [1.82, 2.24) is 4.57 Å². The zero-order valence-electron chi connectivity index (χ0n) is 16.5. The van der Waals surface area contributed by atoms with Gasteiger partial charge in [0.15, 0.2) is 0 Å². The molecule has 1 atom stereocenters. The summed E-state index contributed by atoms with van der Waals surface area (Å²) in [6.45, 7) is 3.64. The molecule has 1 unspecified atom stereocenters. The van der Waals surface area contributed by atoms with Crippen LogP contribution in [0, 0.1) is 6.92 Å². The van der Waals surface area contributed by atoms with Crippen LogP contribution in [0.1, 0.15) is 30.5 Å². The zero-order chi connectivity index (χ0) is 20.1. The lowest BCUT2D eigenvalue weighted by Gasteiger charge is -2.19. The van der Waals surface area contributed by atoms with Gasteiger partial charge < -0.3 is 0 Å². The quantitative estimate of drug-likeness (QED) is 0.470. The Labute approximate surface area is 169 Å². The highest BCUT2D eigenvalue weighted by molar-refractivity contribution is 6.04. The highest BCUT2D eigenvalue weighted by Crippen LogP contribution is 2.46. The largest absolute Gasteiger partial charge is 0.300 e.